The van der Waals surface area contributed by atoms with Crippen molar-refractivity contribution < 1.29 is 19.2 Å². The number of fused-ring (bicyclic) bond motifs is 1. The van der Waals surface area contributed by atoms with Gasteiger partial charge in [-0.25, -0.2) is 0 Å². The number of hydrogen-bond donors (Lipinski definition) is 0. The lowest BCUT2D eigenvalue weighted by Gasteiger charge is -2.44. The van der Waals surface area contributed by atoms with Gasteiger partial charge in [0.25, 0.3) is 0 Å². The highest BCUT2D eigenvalue weighted by Gasteiger charge is 2.49. The molecule has 0 aromatic heterocycles. The largest absolute Gasteiger partial charge is 0.323 e. The van der Waals surface area contributed by atoms with Crippen LogP contribution in [0.2, 0.25) is 0 Å². The van der Waals surface area contributed by atoms with Crippen LogP contribution in [-0.4, -0.2) is 75.8 Å². The first-order valence-corrected chi connectivity index (χ1v) is 6.37. The molecule has 0 N–H and O–H groups in total. The standard InChI is InChI=1S/C12H18N4O4/c1-8(18)13-4-11-12(16(5-13)10(3)20)14(7-17)6-15(11)9(2)19/h7,11-12H,4-6H2,1-3H3. The zero-order chi connectivity index (χ0) is 15.0. The molecule has 8 nitrogen and oxygen atoms in total. The number of hydrogen-bond acceptors (Lipinski definition) is 4. The molecule has 0 bridgehead atoms. The molecule has 110 valence electrons. The molecule has 2 fully saturated rings. The minimum atomic E-state index is -0.496. The maximum Gasteiger partial charge on any atom is 0.222 e. The van der Waals surface area contributed by atoms with Crippen molar-refractivity contribution in [3.63, 3.8) is 0 Å². The van der Waals surface area contributed by atoms with Crippen LogP contribution >= 0.6 is 0 Å². The number of carbonyl (C=O) groups is 4. The van der Waals surface area contributed by atoms with Gasteiger partial charge in [-0.1, -0.05) is 0 Å². The van der Waals surface area contributed by atoms with Gasteiger partial charge in [-0.05, 0) is 0 Å². The fourth-order valence-electron chi connectivity index (χ4n) is 2.82. The zero-order valence-electron chi connectivity index (χ0n) is 11.8. The zero-order valence-corrected chi connectivity index (χ0v) is 11.8. The molecule has 2 rings (SSSR count). The fraction of sp³-hybridized carbons (Fsp3) is 0.667. The first kappa shape index (κ1) is 14.3. The van der Waals surface area contributed by atoms with E-state index in [0.717, 1.165) is 0 Å². The minimum absolute atomic E-state index is 0.141. The molecule has 4 amide bonds. The van der Waals surface area contributed by atoms with Crippen LogP contribution in [0.25, 0.3) is 0 Å². The summed E-state index contributed by atoms with van der Waals surface area (Å²) in [7, 11) is 0. The summed E-state index contributed by atoms with van der Waals surface area (Å²) in [5.74, 6) is -0.579. The summed E-state index contributed by atoms with van der Waals surface area (Å²) < 4.78 is 0. The molecule has 0 aromatic carbocycles. The Kier molecular flexibility index (Phi) is 3.65. The van der Waals surface area contributed by atoms with Crippen LogP contribution in [-0.2, 0) is 19.2 Å². The Balaban J connectivity index is 2.36. The van der Waals surface area contributed by atoms with Gasteiger partial charge in [-0.3, -0.25) is 19.2 Å². The molecule has 0 radical (unpaired) electrons. The van der Waals surface area contributed by atoms with Crippen molar-refractivity contribution in [3.05, 3.63) is 0 Å². The predicted octanol–water partition coefficient (Wildman–Crippen LogP) is -1.37. The monoisotopic (exact) mass is 282 g/mol. The van der Waals surface area contributed by atoms with Gasteiger partial charge < -0.3 is 19.6 Å². The van der Waals surface area contributed by atoms with E-state index < -0.39 is 6.17 Å². The van der Waals surface area contributed by atoms with Gasteiger partial charge in [0, 0.05) is 27.3 Å². The lowest BCUT2D eigenvalue weighted by atomic mass is 10.1. The van der Waals surface area contributed by atoms with Crippen LogP contribution in [0, 0.1) is 0 Å². The molecule has 0 aromatic rings. The SMILES string of the molecule is CC(=O)N1CC2C(N(C=O)CN2C(C)=O)N(C(C)=O)C1. The summed E-state index contributed by atoms with van der Waals surface area (Å²) in [5, 5.41) is 0. The maximum atomic E-state index is 11.8. The van der Waals surface area contributed by atoms with E-state index in [9.17, 15) is 19.2 Å². The molecule has 0 aliphatic carbocycles. The Hall–Kier alpha value is -2.12. The predicted molar refractivity (Wildman–Crippen MR) is 67.6 cm³/mol. The van der Waals surface area contributed by atoms with Crippen LogP contribution in [0.1, 0.15) is 20.8 Å². The van der Waals surface area contributed by atoms with Crippen molar-refractivity contribution in [1.29, 1.82) is 0 Å². The van der Waals surface area contributed by atoms with E-state index in [2.05, 4.69) is 0 Å². The van der Waals surface area contributed by atoms with Crippen molar-refractivity contribution in [1.82, 2.24) is 19.6 Å². The molecule has 2 heterocycles. The van der Waals surface area contributed by atoms with Gasteiger partial charge in [0.15, 0.2) is 0 Å². The molecule has 20 heavy (non-hydrogen) atoms. The summed E-state index contributed by atoms with van der Waals surface area (Å²) >= 11 is 0. The van der Waals surface area contributed by atoms with E-state index in [1.165, 1.54) is 40.4 Å². The van der Waals surface area contributed by atoms with E-state index in [4.69, 9.17) is 0 Å². The molecule has 2 aliphatic rings. The highest BCUT2D eigenvalue weighted by atomic mass is 16.2. The van der Waals surface area contributed by atoms with Gasteiger partial charge in [-0.15, -0.1) is 0 Å². The summed E-state index contributed by atoms with van der Waals surface area (Å²) in [4.78, 5) is 52.1. The number of nitrogens with zero attached hydrogens (tertiary/aromatic N) is 4. The summed E-state index contributed by atoms with van der Waals surface area (Å²) in [6.45, 7) is 4.83. The first-order valence-electron chi connectivity index (χ1n) is 6.37. The number of rotatable bonds is 1. The highest BCUT2D eigenvalue weighted by Crippen LogP contribution is 2.28. The molecule has 2 aliphatic heterocycles. The van der Waals surface area contributed by atoms with Crippen molar-refractivity contribution in [3.8, 4) is 0 Å². The summed E-state index contributed by atoms with van der Waals surface area (Å²) in [5.41, 5.74) is 0. The van der Waals surface area contributed by atoms with E-state index in [-0.39, 0.29) is 37.1 Å². The highest BCUT2D eigenvalue weighted by molar-refractivity contribution is 5.79. The van der Waals surface area contributed by atoms with E-state index >= 15 is 0 Å². The van der Waals surface area contributed by atoms with Crippen LogP contribution in [0.5, 0.6) is 0 Å². The molecule has 8 heteroatoms. The molecule has 2 unspecified atom stereocenters. The molecule has 0 spiro atoms. The van der Waals surface area contributed by atoms with Crippen LogP contribution < -0.4 is 0 Å². The smallest absolute Gasteiger partial charge is 0.222 e. The average Bonchev–Trinajstić information content (AvgIpc) is 2.75. The third-order valence-corrected chi connectivity index (χ3v) is 3.84. The van der Waals surface area contributed by atoms with Gasteiger partial charge >= 0.3 is 0 Å². The Morgan fingerprint density at radius 2 is 1.55 bits per heavy atom. The Labute approximate surface area is 116 Å². The maximum absolute atomic E-state index is 11.8. The van der Waals surface area contributed by atoms with Crippen molar-refractivity contribution in [2.75, 3.05) is 19.9 Å². The Bertz CT molecular complexity index is 466. The second kappa shape index (κ2) is 5.10. The molecule has 2 saturated heterocycles. The fourth-order valence-corrected chi connectivity index (χ4v) is 2.82. The van der Waals surface area contributed by atoms with Gasteiger partial charge in [0.2, 0.25) is 24.1 Å². The quantitative estimate of drug-likeness (QED) is 0.556. The van der Waals surface area contributed by atoms with Crippen LogP contribution in [0.4, 0.5) is 0 Å². The van der Waals surface area contributed by atoms with Gasteiger partial charge in [-0.2, -0.15) is 0 Å². The second-order valence-electron chi connectivity index (χ2n) is 5.10. The Morgan fingerprint density at radius 1 is 0.950 bits per heavy atom. The third kappa shape index (κ3) is 2.21. The van der Waals surface area contributed by atoms with Crippen molar-refractivity contribution >= 4 is 24.1 Å². The third-order valence-electron chi connectivity index (χ3n) is 3.84. The number of amides is 4. The van der Waals surface area contributed by atoms with Crippen molar-refractivity contribution in [2.24, 2.45) is 0 Å². The Morgan fingerprint density at radius 3 is 2.00 bits per heavy atom. The second-order valence-corrected chi connectivity index (χ2v) is 5.10. The molecular weight excluding hydrogens is 264 g/mol. The van der Waals surface area contributed by atoms with Crippen molar-refractivity contribution in [2.45, 2.75) is 33.0 Å². The molecular formula is C12H18N4O4. The molecule has 2 atom stereocenters. The number of carbonyl (C=O) groups excluding carboxylic acids is 4. The lowest BCUT2D eigenvalue weighted by Crippen LogP contribution is -2.64. The molecule has 0 saturated carbocycles. The average molecular weight is 282 g/mol. The van der Waals surface area contributed by atoms with Crippen LogP contribution in [0.15, 0.2) is 0 Å². The summed E-state index contributed by atoms with van der Waals surface area (Å²) in [6.07, 6.45) is 0.143. The van der Waals surface area contributed by atoms with Gasteiger partial charge in [0.05, 0.1) is 19.4 Å². The topological polar surface area (TPSA) is 81.2 Å². The summed E-state index contributed by atoms with van der Waals surface area (Å²) in [6, 6.07) is -0.376. The van der Waals surface area contributed by atoms with Crippen LogP contribution in [0.3, 0.4) is 0 Å². The first-order chi connectivity index (χ1) is 9.36. The van der Waals surface area contributed by atoms with E-state index in [1.807, 2.05) is 0 Å². The van der Waals surface area contributed by atoms with E-state index in [0.29, 0.717) is 13.0 Å². The lowest BCUT2D eigenvalue weighted by molar-refractivity contribution is -0.152. The normalized spacial score (nSPS) is 25.6. The minimum Gasteiger partial charge on any atom is -0.323 e. The van der Waals surface area contributed by atoms with E-state index in [1.54, 1.807) is 0 Å². The van der Waals surface area contributed by atoms with Gasteiger partial charge in [0.1, 0.15) is 6.17 Å².